The maximum atomic E-state index is 12.6. The first-order valence-electron chi connectivity index (χ1n) is 12.9. The van der Waals surface area contributed by atoms with Crippen molar-refractivity contribution in [1.29, 1.82) is 0 Å². The van der Waals surface area contributed by atoms with Crippen LogP contribution in [-0.2, 0) is 15.5 Å². The van der Waals surface area contributed by atoms with Crippen LogP contribution in [0.2, 0.25) is 0 Å². The largest absolute Gasteiger partial charge is 0.388 e. The number of ether oxygens (including phenoxy) is 1. The van der Waals surface area contributed by atoms with E-state index < -0.39 is 16.9 Å². The number of aliphatic hydroxyl groups is 1. The molecule has 6 heteroatoms. The van der Waals surface area contributed by atoms with E-state index in [1.165, 1.54) is 11.3 Å². The number of H-pyrrole nitrogens is 1. The monoisotopic (exact) mass is 492 g/mol. The zero-order chi connectivity index (χ0) is 24.4. The van der Waals surface area contributed by atoms with Gasteiger partial charge in [-0.15, -0.1) is 0 Å². The fourth-order valence-corrected chi connectivity index (χ4v) is 6.31. The highest BCUT2D eigenvalue weighted by atomic mass is 32.2. The zero-order valence-electron chi connectivity index (χ0n) is 20.7. The van der Waals surface area contributed by atoms with Crippen LogP contribution in [0.5, 0.6) is 0 Å². The van der Waals surface area contributed by atoms with Crippen LogP contribution in [0, 0.1) is 11.8 Å². The number of aromatic amines is 1. The van der Waals surface area contributed by atoms with Crippen molar-refractivity contribution in [1.82, 2.24) is 9.97 Å². The van der Waals surface area contributed by atoms with Crippen molar-refractivity contribution in [3.05, 3.63) is 71.5 Å². The normalized spacial score (nSPS) is 19.5. The summed E-state index contributed by atoms with van der Waals surface area (Å²) in [5.74, 6) is 1.01. The van der Waals surface area contributed by atoms with Crippen molar-refractivity contribution in [2.75, 3.05) is 13.2 Å². The maximum Gasteiger partial charge on any atom is 0.0864 e. The van der Waals surface area contributed by atoms with Gasteiger partial charge in [-0.3, -0.25) is 9.19 Å². The Balaban J connectivity index is 1.39. The highest BCUT2D eigenvalue weighted by molar-refractivity contribution is 7.86. The molecule has 2 aliphatic rings. The lowest BCUT2D eigenvalue weighted by atomic mass is 9.83. The predicted molar refractivity (Wildman–Crippen MR) is 140 cm³/mol. The number of aromatic nitrogens is 2. The molecule has 3 atom stereocenters. The standard InChI is InChI=1S/C29H36N2O3S/c1-19(2)29(32)22-5-10-27(30-18-22)28-12-11-26(31-28)25(17-20-13-15-34-16-14-20)21-3-6-23(7-4-21)35(33)24-8-9-24/h3-7,10-12,18-20,24-25,29,31-32H,8-9,13-17H2,1-2H3. The number of pyridine rings is 1. The van der Waals surface area contributed by atoms with Crippen LogP contribution >= 0.6 is 0 Å². The Morgan fingerprint density at radius 1 is 1.00 bits per heavy atom. The van der Waals surface area contributed by atoms with E-state index in [0.29, 0.717) is 11.2 Å². The highest BCUT2D eigenvalue weighted by Crippen LogP contribution is 2.36. The summed E-state index contributed by atoms with van der Waals surface area (Å²) in [7, 11) is -0.876. The molecule has 0 amide bonds. The molecule has 3 unspecified atom stereocenters. The summed E-state index contributed by atoms with van der Waals surface area (Å²) in [6.45, 7) is 5.69. The molecule has 0 radical (unpaired) electrons. The second kappa shape index (κ2) is 10.8. The Morgan fingerprint density at radius 2 is 1.71 bits per heavy atom. The molecule has 3 aromatic rings. The van der Waals surface area contributed by atoms with Gasteiger partial charge in [0.05, 0.1) is 28.3 Å². The molecule has 35 heavy (non-hydrogen) atoms. The smallest absolute Gasteiger partial charge is 0.0864 e. The van der Waals surface area contributed by atoms with Crippen LogP contribution in [0.4, 0.5) is 0 Å². The molecule has 2 N–H and O–H groups in total. The summed E-state index contributed by atoms with van der Waals surface area (Å²) in [5.41, 5.74) is 5.13. The second-order valence-electron chi connectivity index (χ2n) is 10.4. The molecule has 1 saturated carbocycles. The number of nitrogens with one attached hydrogen (secondary N) is 1. The summed E-state index contributed by atoms with van der Waals surface area (Å²) in [6, 6.07) is 16.7. The fourth-order valence-electron chi connectivity index (χ4n) is 4.96. The number of benzene rings is 1. The third kappa shape index (κ3) is 5.76. The van der Waals surface area contributed by atoms with Crippen molar-refractivity contribution in [3.8, 4) is 11.4 Å². The number of hydrogen-bond donors (Lipinski definition) is 2. The minimum Gasteiger partial charge on any atom is -0.388 e. The third-order valence-corrected chi connectivity index (χ3v) is 9.18. The molecule has 0 bridgehead atoms. The van der Waals surface area contributed by atoms with Gasteiger partial charge in [0.25, 0.3) is 0 Å². The Morgan fingerprint density at radius 3 is 2.34 bits per heavy atom. The Labute approximate surface area is 210 Å². The minimum atomic E-state index is -0.876. The van der Waals surface area contributed by atoms with E-state index in [2.05, 4.69) is 46.4 Å². The first kappa shape index (κ1) is 24.4. The summed E-state index contributed by atoms with van der Waals surface area (Å²) < 4.78 is 18.2. The average Bonchev–Trinajstić information content (AvgIpc) is 3.64. The molecule has 1 aliphatic heterocycles. The van der Waals surface area contributed by atoms with Crippen LogP contribution in [0.1, 0.15) is 74.8 Å². The minimum absolute atomic E-state index is 0.152. The predicted octanol–water partition coefficient (Wildman–Crippen LogP) is 5.98. The summed E-state index contributed by atoms with van der Waals surface area (Å²) >= 11 is 0. The SMILES string of the molecule is CC(C)C(O)c1ccc(-c2ccc(C(CC3CCOCC3)c3ccc(S(=O)C4CC4)cc3)[nH]2)nc1. The van der Waals surface area contributed by atoms with Gasteiger partial charge in [0, 0.05) is 41.2 Å². The van der Waals surface area contributed by atoms with E-state index in [4.69, 9.17) is 4.74 Å². The maximum absolute atomic E-state index is 12.6. The first-order chi connectivity index (χ1) is 17.0. The van der Waals surface area contributed by atoms with Crippen molar-refractivity contribution in [2.45, 2.75) is 68.1 Å². The Bertz CT molecular complexity index is 1130. The van der Waals surface area contributed by atoms with Gasteiger partial charge in [0.1, 0.15) is 0 Å². The van der Waals surface area contributed by atoms with Crippen LogP contribution in [-0.4, -0.2) is 37.7 Å². The number of hydrogen-bond acceptors (Lipinski definition) is 4. The van der Waals surface area contributed by atoms with E-state index >= 15 is 0 Å². The van der Waals surface area contributed by atoms with Gasteiger partial charge in [0.2, 0.25) is 0 Å². The molecular weight excluding hydrogens is 456 g/mol. The van der Waals surface area contributed by atoms with Crippen LogP contribution < -0.4 is 0 Å². The molecule has 2 aromatic heterocycles. The van der Waals surface area contributed by atoms with Crippen LogP contribution in [0.15, 0.2) is 59.6 Å². The summed E-state index contributed by atoms with van der Waals surface area (Å²) in [5, 5.41) is 10.7. The lowest BCUT2D eigenvalue weighted by Gasteiger charge is -2.27. The molecule has 186 valence electrons. The van der Waals surface area contributed by atoms with Crippen molar-refractivity contribution >= 4 is 10.8 Å². The van der Waals surface area contributed by atoms with Crippen molar-refractivity contribution < 1.29 is 14.1 Å². The van der Waals surface area contributed by atoms with Crippen molar-refractivity contribution in [2.24, 2.45) is 11.8 Å². The van der Waals surface area contributed by atoms with E-state index in [0.717, 1.165) is 67.2 Å². The lowest BCUT2D eigenvalue weighted by molar-refractivity contribution is 0.0626. The quantitative estimate of drug-likeness (QED) is 0.385. The van der Waals surface area contributed by atoms with E-state index in [9.17, 15) is 9.32 Å². The molecule has 3 heterocycles. The van der Waals surface area contributed by atoms with Gasteiger partial charge in [-0.05, 0) is 85.4 Å². The molecular formula is C29H36N2O3S. The highest BCUT2D eigenvalue weighted by Gasteiger charge is 2.30. The fraction of sp³-hybridized carbons (Fsp3) is 0.483. The molecule has 1 aliphatic carbocycles. The van der Waals surface area contributed by atoms with Crippen LogP contribution in [0.3, 0.4) is 0 Å². The first-order valence-corrected chi connectivity index (χ1v) is 14.1. The van der Waals surface area contributed by atoms with E-state index in [-0.39, 0.29) is 11.8 Å². The molecule has 5 nitrogen and oxygen atoms in total. The zero-order valence-corrected chi connectivity index (χ0v) is 21.5. The Kier molecular flexibility index (Phi) is 7.51. The summed E-state index contributed by atoms with van der Waals surface area (Å²) in [4.78, 5) is 9.21. The van der Waals surface area contributed by atoms with Gasteiger partial charge in [-0.25, -0.2) is 0 Å². The van der Waals surface area contributed by atoms with Gasteiger partial charge in [-0.1, -0.05) is 32.0 Å². The van der Waals surface area contributed by atoms with Gasteiger partial charge < -0.3 is 14.8 Å². The second-order valence-corrected chi connectivity index (χ2v) is 12.1. The lowest BCUT2D eigenvalue weighted by Crippen LogP contribution is -2.18. The molecule has 1 saturated heterocycles. The topological polar surface area (TPSA) is 75.2 Å². The van der Waals surface area contributed by atoms with Gasteiger partial charge in [0.15, 0.2) is 0 Å². The number of aliphatic hydroxyl groups excluding tert-OH is 1. The van der Waals surface area contributed by atoms with E-state index in [1.807, 2.05) is 26.0 Å². The Hall–Kier alpha value is -2.28. The molecule has 5 rings (SSSR count). The van der Waals surface area contributed by atoms with Crippen LogP contribution in [0.25, 0.3) is 11.4 Å². The molecule has 1 aromatic carbocycles. The third-order valence-electron chi connectivity index (χ3n) is 7.37. The number of nitrogens with zero attached hydrogens (tertiary/aromatic N) is 1. The summed E-state index contributed by atoms with van der Waals surface area (Å²) in [6.07, 6.45) is 6.68. The van der Waals surface area contributed by atoms with Crippen molar-refractivity contribution in [3.63, 3.8) is 0 Å². The van der Waals surface area contributed by atoms with Gasteiger partial charge >= 0.3 is 0 Å². The van der Waals surface area contributed by atoms with Gasteiger partial charge in [-0.2, -0.15) is 0 Å². The number of rotatable bonds is 9. The molecule has 0 spiro atoms. The molecule has 2 fully saturated rings. The average molecular weight is 493 g/mol. The van der Waals surface area contributed by atoms with E-state index in [1.54, 1.807) is 6.20 Å².